The van der Waals surface area contributed by atoms with Gasteiger partial charge in [-0.1, -0.05) is 34.1 Å². The summed E-state index contributed by atoms with van der Waals surface area (Å²) >= 11 is 6.81. The van der Waals surface area contributed by atoms with Gasteiger partial charge in [0.15, 0.2) is 0 Å². The van der Waals surface area contributed by atoms with Gasteiger partial charge in [0.05, 0.1) is 16.9 Å². The highest BCUT2D eigenvalue weighted by molar-refractivity contribution is 9.10. The second-order valence-corrected chi connectivity index (χ2v) is 9.15. The third kappa shape index (κ3) is 5.02. The van der Waals surface area contributed by atoms with Crippen molar-refractivity contribution in [1.29, 1.82) is 0 Å². The van der Waals surface area contributed by atoms with Crippen molar-refractivity contribution in [1.82, 2.24) is 4.68 Å². The van der Waals surface area contributed by atoms with Gasteiger partial charge in [-0.05, 0) is 76.9 Å². The van der Waals surface area contributed by atoms with Gasteiger partial charge >= 0.3 is 11.8 Å². The van der Waals surface area contributed by atoms with Gasteiger partial charge in [-0.25, -0.2) is 9.07 Å². The number of rotatable bonds is 4. The molecule has 4 rings (SSSR count). The number of benzene rings is 3. The molecule has 10 heteroatoms. The van der Waals surface area contributed by atoms with Crippen LogP contribution in [0.15, 0.2) is 75.7 Å². The summed E-state index contributed by atoms with van der Waals surface area (Å²) in [6.07, 6.45) is 0. The molecule has 0 aliphatic carbocycles. The summed E-state index contributed by atoms with van der Waals surface area (Å²) in [5.41, 5.74) is 4.43. The molecule has 1 aromatic heterocycles. The van der Waals surface area contributed by atoms with Crippen LogP contribution in [-0.2, 0) is 9.59 Å². The normalized spacial score (nSPS) is 10.7. The van der Waals surface area contributed by atoms with E-state index >= 15 is 0 Å². The van der Waals surface area contributed by atoms with Crippen LogP contribution in [0.5, 0.6) is 0 Å². The van der Waals surface area contributed by atoms with Crippen LogP contribution in [0.4, 0.5) is 15.8 Å². The van der Waals surface area contributed by atoms with E-state index in [1.54, 1.807) is 30.3 Å². The van der Waals surface area contributed by atoms with E-state index in [9.17, 15) is 18.8 Å². The Bertz CT molecular complexity index is 1450. The van der Waals surface area contributed by atoms with E-state index in [1.165, 1.54) is 22.9 Å². The highest BCUT2D eigenvalue weighted by Gasteiger charge is 2.22. The molecular weight excluding hydrogens is 571 g/mol. The number of aryl methyl sites for hydroxylation is 1. The zero-order chi connectivity index (χ0) is 24.4. The van der Waals surface area contributed by atoms with Crippen molar-refractivity contribution in [2.45, 2.75) is 6.92 Å². The topological polar surface area (TPSA) is 92.2 Å². The van der Waals surface area contributed by atoms with Gasteiger partial charge in [0.2, 0.25) is 0 Å². The molecule has 0 atom stereocenters. The second kappa shape index (κ2) is 9.78. The largest absolute Gasteiger partial charge is 0.328 e. The van der Waals surface area contributed by atoms with Crippen LogP contribution in [0.2, 0.25) is 0 Å². The molecule has 34 heavy (non-hydrogen) atoms. The third-order valence-electron chi connectivity index (χ3n) is 4.91. The highest BCUT2D eigenvalue weighted by Crippen LogP contribution is 2.26. The van der Waals surface area contributed by atoms with E-state index in [2.05, 4.69) is 47.9 Å². The summed E-state index contributed by atoms with van der Waals surface area (Å²) < 4.78 is 16.5. The summed E-state index contributed by atoms with van der Waals surface area (Å²) in [6, 6.07) is 17.7. The van der Waals surface area contributed by atoms with E-state index in [0.717, 1.165) is 16.1 Å². The van der Waals surface area contributed by atoms with Crippen molar-refractivity contribution >= 4 is 71.9 Å². The first-order valence-electron chi connectivity index (χ1n) is 9.98. The average molecular weight is 588 g/mol. The maximum Gasteiger partial charge on any atom is 0.328 e. The molecule has 3 N–H and O–H groups in total. The molecule has 4 aromatic rings. The van der Waals surface area contributed by atoms with Crippen molar-refractivity contribution in [2.75, 3.05) is 16.1 Å². The van der Waals surface area contributed by atoms with Crippen molar-refractivity contribution in [3.05, 3.63) is 92.8 Å². The summed E-state index contributed by atoms with van der Waals surface area (Å²) in [5, 5.41) is 5.68. The Kier molecular flexibility index (Phi) is 6.80. The van der Waals surface area contributed by atoms with Crippen LogP contribution in [0.1, 0.15) is 16.1 Å². The van der Waals surface area contributed by atoms with Gasteiger partial charge in [-0.2, -0.15) is 0 Å². The lowest BCUT2D eigenvalue weighted by Gasteiger charge is -2.13. The van der Waals surface area contributed by atoms with Crippen molar-refractivity contribution in [2.24, 2.45) is 0 Å². The first-order chi connectivity index (χ1) is 16.2. The molecule has 7 nitrogen and oxygen atoms in total. The molecule has 1 heterocycles. The minimum absolute atomic E-state index is 0.0904. The molecular formula is C24H17Br2FN4O3. The maximum atomic E-state index is 13.9. The Morgan fingerprint density at radius 2 is 1.62 bits per heavy atom. The number of hydrogen-bond acceptors (Lipinski definition) is 3. The lowest BCUT2D eigenvalue weighted by atomic mass is 10.2. The van der Waals surface area contributed by atoms with Gasteiger partial charge in [-0.15, -0.1) is 0 Å². The van der Waals surface area contributed by atoms with Gasteiger partial charge < -0.3 is 10.6 Å². The summed E-state index contributed by atoms with van der Waals surface area (Å²) in [5.74, 6) is -3.35. The van der Waals surface area contributed by atoms with E-state index in [-0.39, 0.29) is 11.4 Å². The summed E-state index contributed by atoms with van der Waals surface area (Å²) in [6.45, 7) is 1.92. The Morgan fingerprint density at radius 1 is 0.853 bits per heavy atom. The Morgan fingerprint density at radius 3 is 2.35 bits per heavy atom. The first kappa shape index (κ1) is 23.7. The predicted octanol–water partition coefficient (Wildman–Crippen LogP) is 5.57. The van der Waals surface area contributed by atoms with Gasteiger partial charge in [0.25, 0.3) is 5.91 Å². The molecule has 172 valence electrons. The van der Waals surface area contributed by atoms with Crippen LogP contribution < -0.4 is 16.1 Å². The highest BCUT2D eigenvalue weighted by atomic mass is 79.9. The third-order valence-corrected chi connectivity index (χ3v) is 6.06. The quantitative estimate of drug-likeness (QED) is 0.272. The SMILES string of the molecule is Cc1ccc(NC(=O)c2cc3cc(Br)ccc3n2NC(=O)C(=O)Nc2ccccc2F)c(Br)c1. The van der Waals surface area contributed by atoms with Crippen LogP contribution in [0.25, 0.3) is 10.9 Å². The number of carbonyl (C=O) groups excluding carboxylic acids is 3. The fourth-order valence-corrected chi connectivity index (χ4v) is 4.25. The molecule has 0 saturated carbocycles. The lowest BCUT2D eigenvalue weighted by Crippen LogP contribution is -2.36. The molecule has 0 fully saturated rings. The smallest absolute Gasteiger partial charge is 0.320 e. The molecule has 0 saturated heterocycles. The summed E-state index contributed by atoms with van der Waals surface area (Å²) in [7, 11) is 0. The number of hydrogen-bond donors (Lipinski definition) is 3. The number of amides is 3. The number of anilines is 2. The number of carbonyl (C=O) groups is 3. The Balaban J connectivity index is 1.65. The molecule has 0 aliphatic heterocycles. The van der Waals surface area contributed by atoms with Gasteiger partial charge in [0.1, 0.15) is 11.5 Å². The Hall–Kier alpha value is -3.50. The molecule has 3 amide bonds. The van der Waals surface area contributed by atoms with Crippen molar-refractivity contribution in [3.8, 4) is 0 Å². The zero-order valence-electron chi connectivity index (χ0n) is 17.7. The minimum Gasteiger partial charge on any atom is -0.320 e. The Labute approximate surface area is 210 Å². The van der Waals surface area contributed by atoms with Gasteiger partial charge in [-0.3, -0.25) is 19.8 Å². The lowest BCUT2D eigenvalue weighted by molar-refractivity contribution is -0.133. The number of aromatic nitrogens is 1. The van der Waals surface area contributed by atoms with E-state index in [0.29, 0.717) is 21.1 Å². The van der Waals surface area contributed by atoms with E-state index in [1.807, 2.05) is 19.1 Å². The molecule has 0 radical (unpaired) electrons. The number of para-hydroxylation sites is 1. The zero-order valence-corrected chi connectivity index (χ0v) is 20.8. The van der Waals surface area contributed by atoms with E-state index < -0.39 is 23.5 Å². The van der Waals surface area contributed by atoms with Crippen LogP contribution >= 0.6 is 31.9 Å². The number of halogens is 3. The molecule has 0 bridgehead atoms. The average Bonchev–Trinajstić information content (AvgIpc) is 3.14. The fraction of sp³-hybridized carbons (Fsp3) is 0.0417. The number of nitrogens with zero attached hydrogens (tertiary/aromatic N) is 1. The molecule has 0 aliphatic rings. The van der Waals surface area contributed by atoms with Crippen LogP contribution in [0.3, 0.4) is 0 Å². The van der Waals surface area contributed by atoms with Crippen molar-refractivity contribution < 1.29 is 18.8 Å². The number of fused-ring (bicyclic) bond motifs is 1. The molecule has 0 spiro atoms. The fourth-order valence-electron chi connectivity index (χ4n) is 3.28. The monoisotopic (exact) mass is 586 g/mol. The molecule has 0 unspecified atom stereocenters. The predicted molar refractivity (Wildman–Crippen MR) is 136 cm³/mol. The standard InChI is InChI=1S/C24H17Br2FN4O3/c1-13-6-8-18(16(26)10-13)28-22(32)21-12-14-11-15(25)7-9-20(14)31(21)30-24(34)23(33)29-19-5-3-2-4-17(19)27/h2-12H,1H3,(H,28,32)(H,29,33)(H,30,34). The van der Waals surface area contributed by atoms with Gasteiger partial charge in [0, 0.05) is 14.3 Å². The van der Waals surface area contributed by atoms with E-state index in [4.69, 9.17) is 0 Å². The van der Waals surface area contributed by atoms with Crippen LogP contribution in [0, 0.1) is 12.7 Å². The maximum absolute atomic E-state index is 13.9. The number of nitrogens with one attached hydrogen (secondary N) is 3. The summed E-state index contributed by atoms with van der Waals surface area (Å²) in [4.78, 5) is 38.2. The minimum atomic E-state index is -1.09. The first-order valence-corrected chi connectivity index (χ1v) is 11.6. The molecule has 3 aromatic carbocycles. The second-order valence-electron chi connectivity index (χ2n) is 7.38. The van der Waals surface area contributed by atoms with Crippen LogP contribution in [-0.4, -0.2) is 22.4 Å². The van der Waals surface area contributed by atoms with Crippen molar-refractivity contribution in [3.63, 3.8) is 0 Å².